The minimum absolute atomic E-state index is 0. The molecule has 0 bridgehead atoms. The number of pyridine rings is 1. The minimum atomic E-state index is -0.369. The second kappa shape index (κ2) is 9.19. The summed E-state index contributed by atoms with van der Waals surface area (Å²) in [5.41, 5.74) is 9.12. The van der Waals surface area contributed by atoms with Crippen LogP contribution in [0.15, 0.2) is 6.07 Å². The lowest BCUT2D eigenvalue weighted by molar-refractivity contribution is 0.0943. The highest BCUT2D eigenvalue weighted by atomic mass is 35.5. The molecular weight excluding hydrogens is 409 g/mol. The number of nitrogens with zero attached hydrogens (tertiary/aromatic N) is 3. The maximum absolute atomic E-state index is 13.1. The van der Waals surface area contributed by atoms with Crippen molar-refractivity contribution in [3.63, 3.8) is 0 Å². The van der Waals surface area contributed by atoms with Crippen molar-refractivity contribution in [1.29, 1.82) is 0 Å². The number of fused-ring (bicyclic) bond motifs is 1. The number of amides is 1. The molecule has 164 valence electrons. The van der Waals surface area contributed by atoms with E-state index in [-0.39, 0.29) is 41.8 Å². The van der Waals surface area contributed by atoms with E-state index in [0.717, 1.165) is 48.1 Å². The summed E-state index contributed by atoms with van der Waals surface area (Å²) in [6.45, 7) is 12.9. The zero-order valence-electron chi connectivity index (χ0n) is 18.3. The quantitative estimate of drug-likeness (QED) is 0.689. The van der Waals surface area contributed by atoms with E-state index in [0.29, 0.717) is 18.0 Å². The van der Waals surface area contributed by atoms with Gasteiger partial charge in [0.15, 0.2) is 5.65 Å². The van der Waals surface area contributed by atoms with Crippen molar-refractivity contribution >= 4 is 41.8 Å². The van der Waals surface area contributed by atoms with Crippen LogP contribution in [0.2, 0.25) is 0 Å². The largest absolute Gasteiger partial charge is 0.350 e. The van der Waals surface area contributed by atoms with Crippen molar-refractivity contribution in [2.75, 3.05) is 6.54 Å². The van der Waals surface area contributed by atoms with E-state index in [9.17, 15) is 4.79 Å². The number of carbonyl (C=O) groups is 1. The average molecular weight is 444 g/mol. The number of halogens is 2. The molecule has 1 aliphatic carbocycles. The van der Waals surface area contributed by atoms with Crippen LogP contribution in [0.1, 0.15) is 88.0 Å². The molecule has 2 aromatic rings. The van der Waals surface area contributed by atoms with Crippen molar-refractivity contribution in [2.24, 2.45) is 5.73 Å². The van der Waals surface area contributed by atoms with Gasteiger partial charge in [-0.05, 0) is 59.4 Å². The summed E-state index contributed by atoms with van der Waals surface area (Å²) in [5, 5.41) is 8.63. The Bertz CT molecular complexity index is 864. The van der Waals surface area contributed by atoms with Crippen molar-refractivity contribution in [1.82, 2.24) is 20.1 Å². The number of nitrogens with two attached hydrogens (primary N) is 1. The summed E-state index contributed by atoms with van der Waals surface area (Å²) in [5.74, 6) is 0.377. The fourth-order valence-corrected chi connectivity index (χ4v) is 3.39. The van der Waals surface area contributed by atoms with Gasteiger partial charge in [-0.1, -0.05) is 13.8 Å². The van der Waals surface area contributed by atoms with E-state index >= 15 is 0 Å². The van der Waals surface area contributed by atoms with Gasteiger partial charge in [-0.25, -0.2) is 9.67 Å². The van der Waals surface area contributed by atoms with Crippen LogP contribution in [0.25, 0.3) is 11.0 Å². The third-order valence-corrected chi connectivity index (χ3v) is 5.72. The molecule has 0 aromatic carbocycles. The zero-order valence-corrected chi connectivity index (χ0v) is 20.0. The Morgan fingerprint density at radius 3 is 2.31 bits per heavy atom. The number of nitrogens with one attached hydrogen (secondary N) is 1. The molecule has 1 amide bonds. The van der Waals surface area contributed by atoms with Gasteiger partial charge in [-0.15, -0.1) is 24.8 Å². The first-order valence-corrected chi connectivity index (χ1v) is 10.1. The molecule has 3 rings (SSSR count). The zero-order chi connectivity index (χ0) is 20.0. The first kappa shape index (κ1) is 25.7. The second-order valence-corrected chi connectivity index (χ2v) is 8.99. The van der Waals surface area contributed by atoms with Crippen molar-refractivity contribution in [2.45, 2.75) is 84.2 Å². The molecule has 0 radical (unpaired) electrons. The molecule has 29 heavy (non-hydrogen) atoms. The van der Waals surface area contributed by atoms with Gasteiger partial charge in [0.1, 0.15) is 0 Å². The van der Waals surface area contributed by atoms with Gasteiger partial charge in [0, 0.05) is 23.7 Å². The maximum atomic E-state index is 13.1. The lowest BCUT2D eigenvalue weighted by Gasteiger charge is -2.27. The van der Waals surface area contributed by atoms with E-state index in [1.165, 1.54) is 0 Å². The number of carbonyl (C=O) groups excluding carboxylic acids is 1. The Hall–Kier alpha value is -1.37. The van der Waals surface area contributed by atoms with E-state index in [2.05, 4.69) is 39.9 Å². The summed E-state index contributed by atoms with van der Waals surface area (Å²) in [7, 11) is 0. The van der Waals surface area contributed by atoms with E-state index in [1.54, 1.807) is 0 Å². The molecule has 2 heterocycles. The van der Waals surface area contributed by atoms with Crippen molar-refractivity contribution < 1.29 is 4.79 Å². The molecular formula is C21H35Cl2N5O. The normalized spacial score (nSPS) is 14.3. The summed E-state index contributed by atoms with van der Waals surface area (Å²) in [6.07, 6.45) is 3.92. The van der Waals surface area contributed by atoms with Gasteiger partial charge in [0.2, 0.25) is 0 Å². The highest BCUT2D eigenvalue weighted by Crippen LogP contribution is 2.41. The Balaban J connectivity index is 0.00000210. The number of rotatable bonds is 6. The van der Waals surface area contributed by atoms with Crippen LogP contribution < -0.4 is 11.1 Å². The average Bonchev–Trinajstić information content (AvgIpc) is 3.41. The van der Waals surface area contributed by atoms with Crippen LogP contribution in [0, 0.1) is 6.92 Å². The molecule has 0 spiro atoms. The molecule has 1 aliphatic rings. The Labute approximate surface area is 186 Å². The summed E-state index contributed by atoms with van der Waals surface area (Å²) in [6, 6.07) is 1.97. The monoisotopic (exact) mass is 443 g/mol. The molecule has 1 saturated carbocycles. The highest BCUT2D eigenvalue weighted by molar-refractivity contribution is 6.06. The fraction of sp³-hybridized carbons (Fsp3) is 0.667. The van der Waals surface area contributed by atoms with Crippen molar-refractivity contribution in [3.05, 3.63) is 23.0 Å². The van der Waals surface area contributed by atoms with Gasteiger partial charge in [0.05, 0.1) is 22.2 Å². The van der Waals surface area contributed by atoms with Gasteiger partial charge >= 0.3 is 0 Å². The summed E-state index contributed by atoms with van der Waals surface area (Å²) >= 11 is 0. The minimum Gasteiger partial charge on any atom is -0.350 e. The second-order valence-electron chi connectivity index (χ2n) is 8.99. The van der Waals surface area contributed by atoms with E-state index in [4.69, 9.17) is 15.8 Å². The Morgan fingerprint density at radius 2 is 1.83 bits per heavy atom. The molecule has 2 aromatic heterocycles. The van der Waals surface area contributed by atoms with Crippen LogP contribution in [-0.2, 0) is 5.54 Å². The molecule has 0 aliphatic heterocycles. The van der Waals surface area contributed by atoms with E-state index in [1.807, 2.05) is 17.7 Å². The predicted molar refractivity (Wildman–Crippen MR) is 124 cm³/mol. The third-order valence-electron chi connectivity index (χ3n) is 5.72. The van der Waals surface area contributed by atoms with Crippen LogP contribution in [0.3, 0.4) is 0 Å². The van der Waals surface area contributed by atoms with Crippen LogP contribution in [0.5, 0.6) is 0 Å². The Morgan fingerprint density at radius 1 is 1.24 bits per heavy atom. The maximum Gasteiger partial charge on any atom is 0.252 e. The SMILES string of the molecule is CCC(N)(CC)CNC(=O)c1cc(C2CC2)nc2c1c(C)nn2C(C)(C)C.Cl.Cl. The predicted octanol–water partition coefficient (Wildman–Crippen LogP) is 4.46. The molecule has 0 unspecified atom stereocenters. The molecule has 0 atom stereocenters. The summed E-state index contributed by atoms with van der Waals surface area (Å²) < 4.78 is 1.95. The number of aryl methyl sites for hydroxylation is 1. The van der Waals surface area contributed by atoms with Crippen LogP contribution in [-0.4, -0.2) is 32.8 Å². The summed E-state index contributed by atoms with van der Waals surface area (Å²) in [4.78, 5) is 18.0. The molecule has 8 heteroatoms. The van der Waals surface area contributed by atoms with Gasteiger partial charge < -0.3 is 11.1 Å². The number of hydrogen-bond acceptors (Lipinski definition) is 4. The standard InChI is InChI=1S/C21H33N5O.2ClH/c1-7-21(22,8-2)12-23-19(27)15-11-16(14-9-10-14)24-18-17(15)13(3)25-26(18)20(4,5)6;;/h11,14H,7-10,12,22H2,1-6H3,(H,23,27);2*1H. The first-order chi connectivity index (χ1) is 12.6. The third kappa shape index (κ3) is 5.22. The van der Waals surface area contributed by atoms with Gasteiger partial charge in [0.25, 0.3) is 5.91 Å². The highest BCUT2D eigenvalue weighted by Gasteiger charge is 2.31. The Kier molecular flexibility index (Phi) is 8.13. The van der Waals surface area contributed by atoms with Gasteiger partial charge in [-0.2, -0.15) is 5.10 Å². The first-order valence-electron chi connectivity index (χ1n) is 10.1. The van der Waals surface area contributed by atoms with Gasteiger partial charge in [-0.3, -0.25) is 4.79 Å². The smallest absolute Gasteiger partial charge is 0.252 e. The fourth-order valence-electron chi connectivity index (χ4n) is 3.39. The van der Waals surface area contributed by atoms with Crippen LogP contribution >= 0.6 is 24.8 Å². The topological polar surface area (TPSA) is 85.8 Å². The lowest BCUT2D eigenvalue weighted by atomic mass is 9.94. The van der Waals surface area contributed by atoms with Crippen molar-refractivity contribution in [3.8, 4) is 0 Å². The number of hydrogen-bond donors (Lipinski definition) is 2. The molecule has 6 nitrogen and oxygen atoms in total. The van der Waals surface area contributed by atoms with Crippen LogP contribution in [0.4, 0.5) is 0 Å². The molecule has 1 fully saturated rings. The number of aromatic nitrogens is 3. The lowest BCUT2D eigenvalue weighted by Crippen LogP contribution is -2.49. The molecule has 0 saturated heterocycles. The van der Waals surface area contributed by atoms with E-state index < -0.39 is 0 Å². The molecule has 3 N–H and O–H groups in total.